The third-order valence-electron chi connectivity index (χ3n) is 5.19. The Morgan fingerprint density at radius 3 is 2.74 bits per heavy atom. The van der Waals surface area contributed by atoms with Crippen LogP contribution in [0.2, 0.25) is 5.02 Å². The fraction of sp³-hybridized carbons (Fsp3) is 0.286. The molecule has 1 aromatic heterocycles. The van der Waals surface area contributed by atoms with Gasteiger partial charge in [0, 0.05) is 45.6 Å². The van der Waals surface area contributed by atoms with E-state index in [1.807, 2.05) is 26.0 Å². The summed E-state index contributed by atoms with van der Waals surface area (Å²) in [5, 5.41) is 20.7. The number of nitrogens with one attached hydrogen (secondary N) is 1. The molecule has 0 saturated heterocycles. The van der Waals surface area contributed by atoms with Crippen molar-refractivity contribution in [1.82, 2.24) is 4.98 Å². The molecule has 3 aromatic rings. The van der Waals surface area contributed by atoms with E-state index < -0.39 is 5.41 Å². The summed E-state index contributed by atoms with van der Waals surface area (Å²) in [6.07, 6.45) is 0.464. The Kier molecular flexibility index (Phi) is 4.17. The lowest BCUT2D eigenvalue weighted by Gasteiger charge is -2.32. The smallest absolute Gasteiger partial charge is 0.195 e. The molecule has 0 aliphatic heterocycles. The predicted octanol–water partition coefficient (Wildman–Crippen LogP) is 4.16. The van der Waals surface area contributed by atoms with E-state index in [0.717, 1.165) is 22.2 Å². The van der Waals surface area contributed by atoms with Crippen molar-refractivity contribution in [2.75, 3.05) is 13.2 Å². The topological polar surface area (TPSA) is 82.5 Å². The molecule has 1 heterocycles. The minimum absolute atomic E-state index is 0.0106. The molecule has 0 unspecified atom stereocenters. The normalized spacial score (nSPS) is 14.9. The van der Waals surface area contributed by atoms with Crippen LogP contribution in [0.15, 0.2) is 30.3 Å². The van der Waals surface area contributed by atoms with Gasteiger partial charge in [0.1, 0.15) is 0 Å². The summed E-state index contributed by atoms with van der Waals surface area (Å²) >= 11 is 6.11. The van der Waals surface area contributed by atoms with Crippen molar-refractivity contribution < 1.29 is 19.7 Å². The second kappa shape index (κ2) is 6.29. The van der Waals surface area contributed by atoms with Crippen LogP contribution in [0.4, 0.5) is 0 Å². The number of aliphatic hydroxyl groups excluding tert-OH is 1. The van der Waals surface area contributed by atoms with Crippen LogP contribution in [0, 0.1) is 0 Å². The molecule has 1 aliphatic carbocycles. The molecule has 5 nitrogen and oxygen atoms in total. The molecule has 0 bridgehead atoms. The number of halogens is 1. The molecule has 0 radical (unpaired) electrons. The number of ketones is 1. The quantitative estimate of drug-likeness (QED) is 0.589. The molecule has 0 fully saturated rings. The van der Waals surface area contributed by atoms with Crippen LogP contribution < -0.4 is 4.74 Å². The van der Waals surface area contributed by atoms with Crippen molar-refractivity contribution in [3.63, 3.8) is 0 Å². The van der Waals surface area contributed by atoms with Gasteiger partial charge in [-0.2, -0.15) is 0 Å². The van der Waals surface area contributed by atoms with Crippen molar-refractivity contribution in [2.24, 2.45) is 0 Å². The average Bonchev–Trinajstić information content (AvgIpc) is 3.01. The van der Waals surface area contributed by atoms with Crippen molar-refractivity contribution in [3.05, 3.63) is 57.7 Å². The maximum absolute atomic E-state index is 13.2. The minimum atomic E-state index is -0.493. The zero-order chi connectivity index (χ0) is 19.3. The molecule has 0 amide bonds. The Morgan fingerprint density at radius 2 is 2.00 bits per heavy atom. The number of aliphatic hydroxyl groups is 1. The Balaban J connectivity index is 1.90. The van der Waals surface area contributed by atoms with E-state index in [0.29, 0.717) is 28.3 Å². The predicted molar refractivity (Wildman–Crippen MR) is 104 cm³/mol. The zero-order valence-corrected chi connectivity index (χ0v) is 15.9. The second-order valence-electron chi connectivity index (χ2n) is 7.31. The molecule has 4 rings (SSSR count). The van der Waals surface area contributed by atoms with Gasteiger partial charge < -0.3 is 19.9 Å². The first-order valence-electron chi connectivity index (χ1n) is 8.82. The van der Waals surface area contributed by atoms with Crippen LogP contribution >= 0.6 is 11.6 Å². The molecule has 0 spiro atoms. The molecule has 0 atom stereocenters. The number of hydrogen-bond acceptors (Lipinski definition) is 4. The van der Waals surface area contributed by atoms with E-state index in [1.54, 1.807) is 12.1 Å². The summed E-state index contributed by atoms with van der Waals surface area (Å²) in [5.41, 5.74) is 3.01. The number of carbonyl (C=O) groups is 1. The second-order valence-corrected chi connectivity index (χ2v) is 7.75. The van der Waals surface area contributed by atoms with Crippen molar-refractivity contribution in [3.8, 4) is 11.5 Å². The Hall–Kier alpha value is -2.50. The molecule has 27 heavy (non-hydrogen) atoms. The van der Waals surface area contributed by atoms with Gasteiger partial charge in [0.05, 0.1) is 12.2 Å². The number of fused-ring (bicyclic) bond motifs is 4. The maximum atomic E-state index is 13.2. The first-order valence-corrected chi connectivity index (χ1v) is 9.20. The molecular formula is C21H20ClNO4. The van der Waals surface area contributed by atoms with Crippen LogP contribution in [0.3, 0.4) is 0 Å². The van der Waals surface area contributed by atoms with Crippen LogP contribution in [0.25, 0.3) is 10.9 Å². The number of H-pyrrole nitrogens is 1. The van der Waals surface area contributed by atoms with Gasteiger partial charge in [-0.05, 0) is 29.8 Å². The number of aromatic hydroxyl groups is 1. The monoisotopic (exact) mass is 385 g/mol. The van der Waals surface area contributed by atoms with Gasteiger partial charge in [-0.15, -0.1) is 0 Å². The Labute approximate surface area is 161 Å². The Morgan fingerprint density at radius 1 is 1.22 bits per heavy atom. The number of hydrogen-bond donors (Lipinski definition) is 3. The van der Waals surface area contributed by atoms with Gasteiger partial charge >= 0.3 is 0 Å². The number of benzene rings is 2. The fourth-order valence-corrected chi connectivity index (χ4v) is 3.95. The first kappa shape index (κ1) is 17.9. The van der Waals surface area contributed by atoms with E-state index in [1.165, 1.54) is 6.07 Å². The molecule has 3 N–H and O–H groups in total. The zero-order valence-electron chi connectivity index (χ0n) is 15.1. The number of ether oxygens (including phenoxy) is 1. The van der Waals surface area contributed by atoms with Crippen LogP contribution in [0.5, 0.6) is 11.5 Å². The summed E-state index contributed by atoms with van der Waals surface area (Å²) in [7, 11) is 0. The van der Waals surface area contributed by atoms with Crippen molar-refractivity contribution in [1.29, 1.82) is 0 Å². The van der Waals surface area contributed by atoms with E-state index in [9.17, 15) is 9.90 Å². The third-order valence-corrected chi connectivity index (χ3v) is 5.42. The largest absolute Gasteiger partial charge is 0.504 e. The summed E-state index contributed by atoms with van der Waals surface area (Å²) in [4.78, 5) is 16.6. The summed E-state index contributed by atoms with van der Waals surface area (Å²) < 4.78 is 5.59. The fourth-order valence-electron chi connectivity index (χ4n) is 3.78. The van der Waals surface area contributed by atoms with Gasteiger partial charge in [0.25, 0.3) is 0 Å². The van der Waals surface area contributed by atoms with E-state index in [2.05, 4.69) is 4.98 Å². The Bertz CT molecular complexity index is 1070. The number of phenolic OH excluding ortho intramolecular Hbond substituents is 1. The van der Waals surface area contributed by atoms with Crippen LogP contribution in [-0.2, 0) is 5.41 Å². The number of aromatic amines is 1. The molecule has 140 valence electrons. The van der Waals surface area contributed by atoms with Crippen LogP contribution in [0.1, 0.15) is 47.4 Å². The standard InChI is InChI=1S/C21H20ClNO4/c1-21(2)14-10-17(27-7-3-6-24)16(25)9-13(14)19(26)18-12-5-4-11(22)8-15(12)23-20(18)21/h4-5,8-10,23-25H,3,6-7H2,1-2H3. The summed E-state index contributed by atoms with van der Waals surface area (Å²) in [6.45, 7) is 4.36. The highest BCUT2D eigenvalue weighted by molar-refractivity contribution is 6.31. The van der Waals surface area contributed by atoms with Crippen LogP contribution in [-0.4, -0.2) is 34.2 Å². The number of rotatable bonds is 4. The summed E-state index contributed by atoms with van der Waals surface area (Å²) in [5.74, 6) is 0.0953. The highest BCUT2D eigenvalue weighted by Crippen LogP contribution is 2.46. The van der Waals surface area contributed by atoms with Gasteiger partial charge in [-0.1, -0.05) is 31.5 Å². The molecule has 6 heteroatoms. The van der Waals surface area contributed by atoms with Gasteiger partial charge in [-0.3, -0.25) is 4.79 Å². The lowest BCUT2D eigenvalue weighted by atomic mass is 9.71. The first-order chi connectivity index (χ1) is 12.8. The number of phenols is 1. The maximum Gasteiger partial charge on any atom is 0.195 e. The minimum Gasteiger partial charge on any atom is -0.504 e. The van der Waals surface area contributed by atoms with Crippen molar-refractivity contribution >= 4 is 28.3 Å². The number of aromatic nitrogens is 1. The van der Waals surface area contributed by atoms with Gasteiger partial charge in [0.15, 0.2) is 17.3 Å². The molecule has 2 aromatic carbocycles. The highest BCUT2D eigenvalue weighted by Gasteiger charge is 2.40. The highest BCUT2D eigenvalue weighted by atomic mass is 35.5. The SMILES string of the molecule is CC1(C)c2cc(OCCCO)c(O)cc2C(=O)c2c1[nH]c1cc(Cl)ccc21. The van der Waals surface area contributed by atoms with Crippen molar-refractivity contribution in [2.45, 2.75) is 25.7 Å². The van der Waals surface area contributed by atoms with Gasteiger partial charge in [0.2, 0.25) is 0 Å². The lowest BCUT2D eigenvalue weighted by Crippen LogP contribution is -2.30. The van der Waals surface area contributed by atoms with E-state index in [-0.39, 0.29) is 24.7 Å². The summed E-state index contributed by atoms with van der Waals surface area (Å²) in [6, 6.07) is 8.62. The lowest BCUT2D eigenvalue weighted by molar-refractivity contribution is 0.103. The van der Waals surface area contributed by atoms with E-state index >= 15 is 0 Å². The average molecular weight is 386 g/mol. The van der Waals surface area contributed by atoms with E-state index in [4.69, 9.17) is 21.4 Å². The molecular weight excluding hydrogens is 366 g/mol. The molecule has 0 saturated carbocycles. The van der Waals surface area contributed by atoms with Gasteiger partial charge in [-0.25, -0.2) is 0 Å². The molecule has 1 aliphatic rings. The number of carbonyl (C=O) groups excluding carboxylic acids is 1. The third kappa shape index (κ3) is 2.69.